The quantitative estimate of drug-likeness (QED) is 0.489. The third kappa shape index (κ3) is 2.56. The molecule has 1 aromatic heterocycles. The van der Waals surface area contributed by atoms with E-state index in [1.54, 1.807) is 0 Å². The van der Waals surface area contributed by atoms with Gasteiger partial charge in [-0.2, -0.15) is 0 Å². The molecule has 0 unspecified atom stereocenters. The summed E-state index contributed by atoms with van der Waals surface area (Å²) < 4.78 is 15.4. The molecule has 0 N–H and O–H groups in total. The van der Waals surface area contributed by atoms with E-state index < -0.39 is 7.14 Å². The van der Waals surface area contributed by atoms with Crippen molar-refractivity contribution < 1.29 is 4.57 Å². The molecule has 2 fully saturated rings. The first kappa shape index (κ1) is 19.8. The van der Waals surface area contributed by atoms with Gasteiger partial charge in [-0.1, -0.05) is 87.5 Å². The molecule has 1 heterocycles. The maximum Gasteiger partial charge on any atom is 0.147 e. The van der Waals surface area contributed by atoms with Crippen molar-refractivity contribution in [1.29, 1.82) is 0 Å². The van der Waals surface area contributed by atoms with Gasteiger partial charge in [-0.15, -0.1) is 0 Å². The van der Waals surface area contributed by atoms with Gasteiger partial charge in [0.1, 0.15) is 7.14 Å². The molecule has 154 valence electrons. The van der Waals surface area contributed by atoms with Crippen LogP contribution in [0.15, 0.2) is 85.1 Å². The van der Waals surface area contributed by atoms with Gasteiger partial charge >= 0.3 is 0 Å². The number of nitrogens with zero attached hydrogens (tertiary/aromatic N) is 1. The summed E-state index contributed by atoms with van der Waals surface area (Å²) in [7, 11) is -2.90. The fourth-order valence-corrected chi connectivity index (χ4v) is 10.8. The van der Waals surface area contributed by atoms with Crippen molar-refractivity contribution in [3.63, 3.8) is 0 Å². The van der Waals surface area contributed by atoms with E-state index in [4.69, 9.17) is 4.98 Å². The van der Waals surface area contributed by atoms with Crippen molar-refractivity contribution in [1.82, 2.24) is 4.98 Å². The molecule has 2 aliphatic rings. The summed E-state index contributed by atoms with van der Waals surface area (Å²) in [5, 5.41) is 1.96. The fourth-order valence-electron chi connectivity index (χ4n) is 6.64. The first-order chi connectivity index (χ1) is 14.4. The molecular formula is C27H30NOP. The number of hydrogen-bond donors (Lipinski definition) is 0. The van der Waals surface area contributed by atoms with E-state index >= 15 is 4.57 Å². The van der Waals surface area contributed by atoms with Crippen LogP contribution in [-0.4, -0.2) is 10.6 Å². The fraction of sp³-hybridized carbons (Fsp3) is 0.370. The minimum Gasteiger partial charge on any atom is -0.313 e. The van der Waals surface area contributed by atoms with Crippen LogP contribution in [0.4, 0.5) is 0 Å². The molecule has 0 amide bonds. The Labute approximate surface area is 180 Å². The average molecular weight is 416 g/mol. The van der Waals surface area contributed by atoms with Crippen molar-refractivity contribution in [2.45, 2.75) is 45.2 Å². The van der Waals surface area contributed by atoms with Gasteiger partial charge in [0.15, 0.2) is 0 Å². The zero-order valence-corrected chi connectivity index (χ0v) is 18.9. The Morgan fingerprint density at radius 1 is 0.833 bits per heavy atom. The summed E-state index contributed by atoms with van der Waals surface area (Å²) in [5.74, 6) is 0.583. The van der Waals surface area contributed by atoms with E-state index in [-0.39, 0.29) is 22.4 Å². The molecule has 2 aromatic carbocycles. The van der Waals surface area contributed by atoms with Crippen LogP contribution in [-0.2, 0) is 4.57 Å². The highest BCUT2D eigenvalue weighted by molar-refractivity contribution is 7.79. The largest absolute Gasteiger partial charge is 0.313 e. The van der Waals surface area contributed by atoms with Crippen molar-refractivity contribution in [3.8, 4) is 0 Å². The van der Waals surface area contributed by atoms with Gasteiger partial charge in [0.25, 0.3) is 0 Å². The molecular weight excluding hydrogens is 385 g/mol. The zero-order valence-electron chi connectivity index (χ0n) is 18.0. The Morgan fingerprint density at radius 3 is 1.93 bits per heavy atom. The average Bonchev–Trinajstić information content (AvgIpc) is 3.12. The van der Waals surface area contributed by atoms with Crippen LogP contribution in [0.25, 0.3) is 0 Å². The topological polar surface area (TPSA) is 30.0 Å². The Kier molecular flexibility index (Phi) is 4.56. The normalized spacial score (nSPS) is 29.8. The molecule has 5 rings (SSSR count). The smallest absolute Gasteiger partial charge is 0.147 e. The summed E-state index contributed by atoms with van der Waals surface area (Å²) in [6.45, 7) is 7.23. The number of hydrogen-bond acceptors (Lipinski definition) is 2. The number of aromatic nitrogens is 1. The van der Waals surface area contributed by atoms with Gasteiger partial charge in [0, 0.05) is 34.1 Å². The first-order valence-corrected chi connectivity index (χ1v) is 12.8. The van der Waals surface area contributed by atoms with Crippen molar-refractivity contribution in [3.05, 3.63) is 90.8 Å². The van der Waals surface area contributed by atoms with Crippen LogP contribution >= 0.6 is 7.14 Å². The van der Waals surface area contributed by atoms with Gasteiger partial charge in [-0.05, 0) is 41.7 Å². The van der Waals surface area contributed by atoms with Crippen LogP contribution < -0.4 is 10.6 Å². The standard InChI is InChI=1S/C27H30NOP/c1-26(2)22-17-18-27(26,3)24(23-16-10-11-19-28-23)25(22)30(29,20-12-6-4-7-13-20)21-14-8-5-9-15-21/h4-16,19,22,24-25H,17-18H2,1-3H3/t22-,24+,25-,27+/m1/s1. The minimum atomic E-state index is -2.90. The summed E-state index contributed by atoms with van der Waals surface area (Å²) in [6, 6.07) is 26.7. The van der Waals surface area contributed by atoms with Crippen LogP contribution in [0, 0.1) is 16.7 Å². The van der Waals surface area contributed by atoms with Crippen LogP contribution in [0.1, 0.15) is 45.2 Å². The van der Waals surface area contributed by atoms with Crippen molar-refractivity contribution >= 4 is 17.8 Å². The molecule has 2 nitrogen and oxygen atoms in total. The predicted octanol–water partition coefficient (Wildman–Crippen LogP) is 6.00. The Bertz CT molecular complexity index is 1040. The Balaban J connectivity index is 1.79. The Hall–Kier alpha value is -2.18. The molecule has 2 aliphatic carbocycles. The summed E-state index contributed by atoms with van der Waals surface area (Å²) in [5.41, 5.74) is 1.35. The number of rotatable bonds is 4. The van der Waals surface area contributed by atoms with Gasteiger partial charge < -0.3 is 4.57 Å². The van der Waals surface area contributed by atoms with Crippen molar-refractivity contribution in [2.24, 2.45) is 16.7 Å². The second-order valence-corrected chi connectivity index (χ2v) is 12.8. The maximum absolute atomic E-state index is 15.4. The highest BCUT2D eigenvalue weighted by atomic mass is 31.2. The number of benzene rings is 2. The Morgan fingerprint density at radius 2 is 1.40 bits per heavy atom. The first-order valence-electron chi connectivity index (χ1n) is 11.0. The maximum atomic E-state index is 15.4. The highest BCUT2D eigenvalue weighted by Crippen LogP contribution is 2.78. The second kappa shape index (κ2) is 6.92. The lowest BCUT2D eigenvalue weighted by atomic mass is 9.66. The molecule has 0 spiro atoms. The summed E-state index contributed by atoms with van der Waals surface area (Å²) >= 11 is 0. The zero-order chi connectivity index (χ0) is 21.0. The summed E-state index contributed by atoms with van der Waals surface area (Å²) in [4.78, 5) is 4.82. The third-order valence-electron chi connectivity index (χ3n) is 8.52. The molecule has 30 heavy (non-hydrogen) atoms. The van der Waals surface area contributed by atoms with E-state index in [0.29, 0.717) is 5.92 Å². The van der Waals surface area contributed by atoms with E-state index in [2.05, 4.69) is 57.2 Å². The molecule has 0 aliphatic heterocycles. The third-order valence-corrected chi connectivity index (χ3v) is 12.1. The van der Waals surface area contributed by atoms with Gasteiger partial charge in [-0.3, -0.25) is 4.98 Å². The second-order valence-electron chi connectivity index (χ2n) is 9.84. The van der Waals surface area contributed by atoms with Gasteiger partial charge in [-0.25, -0.2) is 0 Å². The number of pyridine rings is 1. The van der Waals surface area contributed by atoms with E-state index in [1.807, 2.05) is 48.7 Å². The molecule has 3 aromatic rings. The van der Waals surface area contributed by atoms with Crippen molar-refractivity contribution in [2.75, 3.05) is 0 Å². The predicted molar refractivity (Wildman–Crippen MR) is 125 cm³/mol. The van der Waals surface area contributed by atoms with E-state index in [0.717, 1.165) is 22.7 Å². The minimum absolute atomic E-state index is 0.0611. The molecule has 0 saturated heterocycles. The highest BCUT2D eigenvalue weighted by Gasteiger charge is 2.70. The van der Waals surface area contributed by atoms with E-state index in [1.165, 1.54) is 6.42 Å². The lowest BCUT2D eigenvalue weighted by molar-refractivity contribution is 0.133. The van der Waals surface area contributed by atoms with Crippen LogP contribution in [0.5, 0.6) is 0 Å². The van der Waals surface area contributed by atoms with E-state index in [9.17, 15) is 0 Å². The lowest BCUT2D eigenvalue weighted by Crippen LogP contribution is -2.37. The summed E-state index contributed by atoms with van der Waals surface area (Å²) in [6.07, 6.45) is 4.21. The molecule has 2 bridgehead atoms. The monoisotopic (exact) mass is 415 g/mol. The SMILES string of the molecule is CC1(C)[C@@H]2CC[C@@]1(C)[C@@H](c1ccccn1)[C@@H]2P(=O)(c1ccccc1)c1ccccc1. The molecule has 3 heteroatoms. The number of fused-ring (bicyclic) bond motifs is 2. The van der Waals surface area contributed by atoms with Crippen LogP contribution in [0.2, 0.25) is 0 Å². The molecule has 0 radical (unpaired) electrons. The van der Waals surface area contributed by atoms with Gasteiger partial charge in [0.05, 0.1) is 0 Å². The molecule has 4 atom stereocenters. The van der Waals surface area contributed by atoms with Gasteiger partial charge in [0.2, 0.25) is 0 Å². The lowest BCUT2D eigenvalue weighted by Gasteiger charge is -2.42. The molecule has 2 saturated carbocycles. The van der Waals surface area contributed by atoms with Crippen LogP contribution in [0.3, 0.4) is 0 Å².